The van der Waals surface area contributed by atoms with Gasteiger partial charge in [-0.15, -0.1) is 0 Å². The Morgan fingerprint density at radius 1 is 1.13 bits per heavy atom. The van der Waals surface area contributed by atoms with E-state index in [1.807, 2.05) is 0 Å². The first-order chi connectivity index (χ1) is 11.1. The summed E-state index contributed by atoms with van der Waals surface area (Å²) in [7, 11) is -3.51. The smallest absolute Gasteiger partial charge is 0.240 e. The summed E-state index contributed by atoms with van der Waals surface area (Å²) in [5.74, 6) is 1.10. The van der Waals surface area contributed by atoms with E-state index in [0.29, 0.717) is 31.3 Å². The molecule has 0 saturated carbocycles. The maximum atomic E-state index is 12.4. The van der Waals surface area contributed by atoms with E-state index in [0.717, 1.165) is 32.5 Å². The second-order valence-corrected chi connectivity index (χ2v) is 7.38. The van der Waals surface area contributed by atoms with Crippen molar-refractivity contribution in [3.63, 3.8) is 0 Å². The molecule has 2 rings (SSSR count). The Hall–Kier alpha value is -1.31. The maximum Gasteiger partial charge on any atom is 0.240 e. The molecule has 1 aliphatic rings. The summed E-state index contributed by atoms with van der Waals surface area (Å²) < 4.78 is 38.5. The number of hydrogen-bond acceptors (Lipinski definition) is 4. The van der Waals surface area contributed by atoms with Gasteiger partial charge in [0.1, 0.15) is 0 Å². The number of nitrogens with one attached hydrogen (secondary N) is 2. The first-order valence-corrected chi connectivity index (χ1v) is 9.78. The van der Waals surface area contributed by atoms with Crippen molar-refractivity contribution in [3.8, 4) is 11.5 Å². The van der Waals surface area contributed by atoms with Crippen LogP contribution in [-0.2, 0) is 10.0 Å². The SMILES string of the molecule is CC[NH+](CC)CCCNS(=O)(=O)c1ccc2c(c1)OCCCO2. The molecular formula is C16H27N2O4S+. The number of fused-ring (bicyclic) bond motifs is 1. The monoisotopic (exact) mass is 343 g/mol. The van der Waals surface area contributed by atoms with Gasteiger partial charge in [-0.2, -0.15) is 0 Å². The molecule has 0 fully saturated rings. The Bertz CT molecular complexity index is 600. The zero-order chi connectivity index (χ0) is 16.7. The zero-order valence-corrected chi connectivity index (χ0v) is 14.7. The Labute approximate surface area is 138 Å². The maximum absolute atomic E-state index is 12.4. The van der Waals surface area contributed by atoms with E-state index < -0.39 is 10.0 Å². The average molecular weight is 343 g/mol. The van der Waals surface area contributed by atoms with Crippen LogP contribution in [-0.4, -0.2) is 47.8 Å². The summed E-state index contributed by atoms with van der Waals surface area (Å²) in [4.78, 5) is 1.69. The van der Waals surface area contributed by atoms with Gasteiger partial charge in [-0.05, 0) is 26.0 Å². The summed E-state index contributed by atoms with van der Waals surface area (Å²) in [5.41, 5.74) is 0. The van der Waals surface area contributed by atoms with Crippen molar-refractivity contribution in [3.05, 3.63) is 18.2 Å². The van der Waals surface area contributed by atoms with Gasteiger partial charge in [0.2, 0.25) is 10.0 Å². The summed E-state index contributed by atoms with van der Waals surface area (Å²) in [6, 6.07) is 4.76. The number of rotatable bonds is 8. The van der Waals surface area contributed by atoms with E-state index in [1.54, 1.807) is 18.2 Å². The van der Waals surface area contributed by atoms with E-state index in [2.05, 4.69) is 18.6 Å². The fourth-order valence-electron chi connectivity index (χ4n) is 2.54. The van der Waals surface area contributed by atoms with Crippen molar-refractivity contribution < 1.29 is 22.8 Å². The van der Waals surface area contributed by atoms with E-state index >= 15 is 0 Å². The van der Waals surface area contributed by atoms with Gasteiger partial charge in [-0.1, -0.05) is 0 Å². The molecule has 6 nitrogen and oxygen atoms in total. The molecule has 0 bridgehead atoms. The van der Waals surface area contributed by atoms with Crippen LogP contribution >= 0.6 is 0 Å². The first kappa shape index (κ1) is 18.0. The van der Waals surface area contributed by atoms with Crippen LogP contribution in [0.3, 0.4) is 0 Å². The van der Waals surface area contributed by atoms with Crippen LogP contribution in [0.1, 0.15) is 26.7 Å². The third-order valence-electron chi connectivity index (χ3n) is 4.03. The number of benzene rings is 1. The summed E-state index contributed by atoms with van der Waals surface area (Å²) in [5, 5.41) is 0. The van der Waals surface area contributed by atoms with Crippen LogP contribution in [0.2, 0.25) is 0 Å². The van der Waals surface area contributed by atoms with E-state index in [-0.39, 0.29) is 4.90 Å². The van der Waals surface area contributed by atoms with Gasteiger partial charge in [0.25, 0.3) is 0 Å². The van der Waals surface area contributed by atoms with E-state index in [4.69, 9.17) is 9.47 Å². The molecule has 0 radical (unpaired) electrons. The van der Waals surface area contributed by atoms with Gasteiger partial charge in [0.05, 0.1) is 37.7 Å². The quantitative estimate of drug-likeness (QED) is 0.672. The molecule has 1 aromatic carbocycles. The zero-order valence-electron chi connectivity index (χ0n) is 13.9. The molecule has 0 saturated heterocycles. The van der Waals surface area contributed by atoms with Crippen LogP contribution in [0.4, 0.5) is 0 Å². The molecule has 0 spiro atoms. The molecule has 0 unspecified atom stereocenters. The second kappa shape index (κ2) is 8.52. The Morgan fingerprint density at radius 3 is 2.52 bits per heavy atom. The highest BCUT2D eigenvalue weighted by molar-refractivity contribution is 7.89. The predicted octanol–water partition coefficient (Wildman–Crippen LogP) is 0.441. The highest BCUT2D eigenvalue weighted by Gasteiger charge is 2.18. The molecule has 0 amide bonds. The van der Waals surface area contributed by atoms with Crippen molar-refractivity contribution in [1.82, 2.24) is 4.72 Å². The number of hydrogen-bond donors (Lipinski definition) is 2. The highest BCUT2D eigenvalue weighted by atomic mass is 32.2. The second-order valence-electron chi connectivity index (χ2n) is 5.62. The van der Waals surface area contributed by atoms with Crippen molar-refractivity contribution in [2.24, 2.45) is 0 Å². The molecule has 0 atom stereocenters. The van der Waals surface area contributed by atoms with Crippen molar-refractivity contribution in [2.75, 3.05) is 39.4 Å². The molecule has 1 heterocycles. The van der Waals surface area contributed by atoms with Crippen LogP contribution < -0.4 is 19.1 Å². The number of sulfonamides is 1. The van der Waals surface area contributed by atoms with Crippen LogP contribution in [0.15, 0.2) is 23.1 Å². The predicted molar refractivity (Wildman–Crippen MR) is 88.8 cm³/mol. The van der Waals surface area contributed by atoms with Crippen molar-refractivity contribution in [2.45, 2.75) is 31.6 Å². The lowest BCUT2D eigenvalue weighted by Crippen LogP contribution is -3.11. The molecule has 0 aromatic heterocycles. The van der Waals surface area contributed by atoms with Gasteiger partial charge in [0, 0.05) is 25.5 Å². The minimum Gasteiger partial charge on any atom is -0.490 e. The molecule has 7 heteroatoms. The lowest BCUT2D eigenvalue weighted by molar-refractivity contribution is -0.896. The van der Waals surface area contributed by atoms with Crippen LogP contribution in [0.5, 0.6) is 11.5 Å². The average Bonchev–Trinajstić information content (AvgIpc) is 2.79. The van der Waals surface area contributed by atoms with Gasteiger partial charge in [0.15, 0.2) is 11.5 Å². The summed E-state index contributed by atoms with van der Waals surface area (Å²) in [6.45, 7) is 8.94. The van der Waals surface area contributed by atoms with Crippen LogP contribution in [0, 0.1) is 0 Å². The Balaban J connectivity index is 1.95. The fraction of sp³-hybridized carbons (Fsp3) is 0.625. The normalized spacial score (nSPS) is 14.7. The van der Waals surface area contributed by atoms with Crippen molar-refractivity contribution in [1.29, 1.82) is 0 Å². The van der Waals surface area contributed by atoms with Gasteiger partial charge < -0.3 is 14.4 Å². The van der Waals surface area contributed by atoms with E-state index in [1.165, 1.54) is 4.90 Å². The van der Waals surface area contributed by atoms with Gasteiger partial charge in [-0.25, -0.2) is 13.1 Å². The topological polar surface area (TPSA) is 69.1 Å². The Morgan fingerprint density at radius 2 is 1.83 bits per heavy atom. The lowest BCUT2D eigenvalue weighted by atomic mass is 10.3. The highest BCUT2D eigenvalue weighted by Crippen LogP contribution is 2.31. The van der Waals surface area contributed by atoms with E-state index in [9.17, 15) is 8.42 Å². The van der Waals surface area contributed by atoms with Gasteiger partial charge in [-0.3, -0.25) is 0 Å². The minimum absolute atomic E-state index is 0.219. The molecule has 0 aliphatic carbocycles. The largest absolute Gasteiger partial charge is 0.490 e. The molecule has 130 valence electrons. The van der Waals surface area contributed by atoms with Gasteiger partial charge >= 0.3 is 0 Å². The molecule has 1 aromatic rings. The lowest BCUT2D eigenvalue weighted by Gasteiger charge is -2.15. The standard InChI is InChI=1S/C16H26N2O4S/c1-3-18(4-2)10-5-9-17-23(19,20)14-7-8-15-16(13-14)22-12-6-11-21-15/h7-8,13,17H,3-6,9-12H2,1-2H3/p+1. The summed E-state index contributed by atoms with van der Waals surface area (Å²) in [6.07, 6.45) is 1.61. The van der Waals surface area contributed by atoms with Crippen molar-refractivity contribution >= 4 is 10.0 Å². The fourth-order valence-corrected chi connectivity index (χ4v) is 3.63. The van der Waals surface area contributed by atoms with Crippen LogP contribution in [0.25, 0.3) is 0 Å². The summed E-state index contributed by atoms with van der Waals surface area (Å²) >= 11 is 0. The number of ether oxygens (including phenoxy) is 2. The molecule has 2 N–H and O–H groups in total. The number of quaternary nitrogens is 1. The molecule has 23 heavy (non-hydrogen) atoms. The minimum atomic E-state index is -3.51. The Kier molecular flexibility index (Phi) is 6.68. The molecular weight excluding hydrogens is 316 g/mol. The first-order valence-electron chi connectivity index (χ1n) is 8.29. The third-order valence-corrected chi connectivity index (χ3v) is 5.49. The third kappa shape index (κ3) is 5.09. The molecule has 1 aliphatic heterocycles.